The van der Waals surface area contributed by atoms with Crippen molar-refractivity contribution in [3.8, 4) is 0 Å². The zero-order valence-corrected chi connectivity index (χ0v) is 11.6. The maximum atomic E-state index is 13.2. The van der Waals surface area contributed by atoms with Gasteiger partial charge in [0.2, 0.25) is 0 Å². The third-order valence-electron chi connectivity index (χ3n) is 3.81. The van der Waals surface area contributed by atoms with Crippen molar-refractivity contribution in [1.29, 1.82) is 0 Å². The van der Waals surface area contributed by atoms with Crippen molar-refractivity contribution in [2.45, 2.75) is 45.1 Å². The van der Waals surface area contributed by atoms with E-state index in [1.54, 1.807) is 12.1 Å². The zero-order valence-electron chi connectivity index (χ0n) is 10.9. The molecule has 1 nitrogen and oxygen atoms in total. The van der Waals surface area contributed by atoms with Gasteiger partial charge in [-0.2, -0.15) is 0 Å². The fourth-order valence-corrected chi connectivity index (χ4v) is 2.82. The van der Waals surface area contributed by atoms with Crippen molar-refractivity contribution in [3.05, 3.63) is 34.6 Å². The summed E-state index contributed by atoms with van der Waals surface area (Å²) in [6.07, 6.45) is 6.06. The highest BCUT2D eigenvalue weighted by Crippen LogP contribution is 2.31. The molecule has 0 heterocycles. The predicted octanol–water partition coefficient (Wildman–Crippen LogP) is 4.19. The Hall–Kier alpha value is -0.600. The Bertz CT molecular complexity index is 390. The van der Waals surface area contributed by atoms with Crippen molar-refractivity contribution in [2.24, 2.45) is 5.92 Å². The van der Waals surface area contributed by atoms with Gasteiger partial charge in [-0.3, -0.25) is 0 Å². The molecule has 1 N–H and O–H groups in total. The highest BCUT2D eigenvalue weighted by Gasteiger charge is 2.22. The van der Waals surface area contributed by atoms with Gasteiger partial charge in [-0.15, -0.1) is 0 Å². The van der Waals surface area contributed by atoms with Crippen LogP contribution in [0.3, 0.4) is 0 Å². The molecule has 0 aromatic heterocycles. The van der Waals surface area contributed by atoms with Crippen LogP contribution in [0.5, 0.6) is 0 Å². The Morgan fingerprint density at radius 2 is 2.22 bits per heavy atom. The van der Waals surface area contributed by atoms with Gasteiger partial charge in [0, 0.05) is 11.1 Å². The first-order chi connectivity index (χ1) is 8.69. The lowest BCUT2D eigenvalue weighted by atomic mass is 9.80. The van der Waals surface area contributed by atoms with E-state index in [0.717, 1.165) is 24.4 Å². The molecule has 1 fully saturated rings. The van der Waals surface area contributed by atoms with Crippen LogP contribution < -0.4 is 5.32 Å². The quantitative estimate of drug-likeness (QED) is 0.817. The Morgan fingerprint density at radius 1 is 1.44 bits per heavy atom. The summed E-state index contributed by atoms with van der Waals surface area (Å²) in [5.74, 6) is 0.648. The smallest absolute Gasteiger partial charge is 0.123 e. The molecule has 1 saturated carbocycles. The fourth-order valence-electron chi connectivity index (χ4n) is 2.62. The molecule has 1 atom stereocenters. The van der Waals surface area contributed by atoms with Crippen molar-refractivity contribution in [2.75, 3.05) is 6.54 Å². The molecule has 0 spiro atoms. The van der Waals surface area contributed by atoms with Gasteiger partial charge in [-0.05, 0) is 49.1 Å². The lowest BCUT2D eigenvalue weighted by Crippen LogP contribution is -2.34. The summed E-state index contributed by atoms with van der Waals surface area (Å²) in [6, 6.07) is 5.05. The average Bonchev–Trinajstić information content (AvgIpc) is 2.28. The largest absolute Gasteiger partial charge is 0.314 e. The number of nitrogens with one attached hydrogen (secondary N) is 1. The van der Waals surface area contributed by atoms with Crippen LogP contribution in [0.4, 0.5) is 4.39 Å². The standard InChI is InChI=1S/C15H21ClFN/c1-2-18-14(8-11-4-3-5-11)10-12-9-13(17)6-7-15(12)16/h6-7,9,11,14,18H,2-5,8,10H2,1H3. The number of hydrogen-bond donors (Lipinski definition) is 1. The van der Waals surface area contributed by atoms with E-state index < -0.39 is 0 Å². The first-order valence-corrected chi connectivity index (χ1v) is 7.24. The monoisotopic (exact) mass is 269 g/mol. The van der Waals surface area contributed by atoms with Crippen molar-refractivity contribution in [1.82, 2.24) is 5.32 Å². The van der Waals surface area contributed by atoms with Crippen LogP contribution in [0, 0.1) is 11.7 Å². The van der Waals surface area contributed by atoms with Crippen LogP contribution in [0.2, 0.25) is 5.02 Å². The Balaban J connectivity index is 1.99. The molecule has 1 aromatic rings. The Labute approximate surface area is 114 Å². The van der Waals surface area contributed by atoms with Crippen LogP contribution in [0.15, 0.2) is 18.2 Å². The van der Waals surface area contributed by atoms with E-state index in [4.69, 9.17) is 11.6 Å². The van der Waals surface area contributed by atoms with Gasteiger partial charge in [0.05, 0.1) is 0 Å². The van der Waals surface area contributed by atoms with Crippen LogP contribution in [0.25, 0.3) is 0 Å². The lowest BCUT2D eigenvalue weighted by Gasteiger charge is -2.30. The van der Waals surface area contributed by atoms with Gasteiger partial charge in [0.1, 0.15) is 5.82 Å². The minimum absolute atomic E-state index is 0.201. The highest BCUT2D eigenvalue weighted by molar-refractivity contribution is 6.31. The summed E-state index contributed by atoms with van der Waals surface area (Å²) in [5, 5.41) is 4.17. The summed E-state index contributed by atoms with van der Waals surface area (Å²) in [5.41, 5.74) is 0.918. The van der Waals surface area contributed by atoms with E-state index in [1.807, 2.05) is 0 Å². The normalized spacial score (nSPS) is 17.5. The van der Waals surface area contributed by atoms with Crippen molar-refractivity contribution >= 4 is 11.6 Å². The first kappa shape index (κ1) is 13.8. The molecule has 0 saturated heterocycles. The van der Waals surface area contributed by atoms with Crippen LogP contribution in [-0.4, -0.2) is 12.6 Å². The van der Waals surface area contributed by atoms with E-state index in [-0.39, 0.29) is 5.82 Å². The van der Waals surface area contributed by atoms with E-state index in [2.05, 4.69) is 12.2 Å². The highest BCUT2D eigenvalue weighted by atomic mass is 35.5. The molecule has 2 rings (SSSR count). The van der Waals surface area contributed by atoms with E-state index in [1.165, 1.54) is 31.7 Å². The topological polar surface area (TPSA) is 12.0 Å². The summed E-state index contributed by atoms with van der Waals surface area (Å²) in [7, 11) is 0. The fraction of sp³-hybridized carbons (Fsp3) is 0.600. The van der Waals surface area contributed by atoms with Gasteiger partial charge in [0.15, 0.2) is 0 Å². The molecule has 0 bridgehead atoms. The molecule has 1 unspecified atom stereocenters. The molecule has 3 heteroatoms. The number of rotatable bonds is 6. The molecule has 1 aliphatic carbocycles. The van der Waals surface area contributed by atoms with Crippen molar-refractivity contribution < 1.29 is 4.39 Å². The molecular formula is C15H21ClFN. The van der Waals surface area contributed by atoms with Gasteiger partial charge in [0.25, 0.3) is 0 Å². The average molecular weight is 270 g/mol. The maximum absolute atomic E-state index is 13.2. The predicted molar refractivity (Wildman–Crippen MR) is 74.5 cm³/mol. The molecule has 1 aromatic carbocycles. The second-order valence-corrected chi connectivity index (χ2v) is 5.63. The summed E-state index contributed by atoms with van der Waals surface area (Å²) in [6.45, 7) is 3.06. The van der Waals surface area contributed by atoms with Crippen LogP contribution >= 0.6 is 11.6 Å². The molecule has 1 aliphatic rings. The SMILES string of the molecule is CCNC(Cc1cc(F)ccc1Cl)CC1CCC1. The third kappa shape index (κ3) is 3.69. The maximum Gasteiger partial charge on any atom is 0.123 e. The third-order valence-corrected chi connectivity index (χ3v) is 4.18. The minimum atomic E-state index is -0.201. The number of benzene rings is 1. The first-order valence-electron chi connectivity index (χ1n) is 6.86. The Kier molecular flexibility index (Phi) is 5.02. The van der Waals surface area contributed by atoms with Crippen molar-refractivity contribution in [3.63, 3.8) is 0 Å². The molecular weight excluding hydrogens is 249 g/mol. The van der Waals surface area contributed by atoms with Crippen LogP contribution in [-0.2, 0) is 6.42 Å². The summed E-state index contributed by atoms with van der Waals surface area (Å²) in [4.78, 5) is 0. The number of halogens is 2. The minimum Gasteiger partial charge on any atom is -0.314 e. The zero-order chi connectivity index (χ0) is 13.0. The number of hydrogen-bond acceptors (Lipinski definition) is 1. The van der Waals surface area contributed by atoms with E-state index in [0.29, 0.717) is 11.1 Å². The Morgan fingerprint density at radius 3 is 2.83 bits per heavy atom. The second-order valence-electron chi connectivity index (χ2n) is 5.23. The molecule has 0 amide bonds. The molecule has 0 radical (unpaired) electrons. The molecule has 18 heavy (non-hydrogen) atoms. The number of likely N-dealkylation sites (N-methyl/N-ethyl adjacent to an activating group) is 1. The molecule has 0 aliphatic heterocycles. The van der Waals surface area contributed by atoms with Gasteiger partial charge < -0.3 is 5.32 Å². The van der Waals surface area contributed by atoms with Crippen LogP contribution in [0.1, 0.15) is 38.2 Å². The second kappa shape index (κ2) is 6.53. The van der Waals surface area contributed by atoms with Gasteiger partial charge in [-0.25, -0.2) is 4.39 Å². The van der Waals surface area contributed by atoms with Gasteiger partial charge >= 0.3 is 0 Å². The summed E-state index contributed by atoms with van der Waals surface area (Å²) >= 11 is 6.13. The van der Waals surface area contributed by atoms with Gasteiger partial charge in [-0.1, -0.05) is 37.8 Å². The van der Waals surface area contributed by atoms with E-state index >= 15 is 0 Å². The molecule has 100 valence electrons. The van der Waals surface area contributed by atoms with E-state index in [9.17, 15) is 4.39 Å². The lowest BCUT2D eigenvalue weighted by molar-refractivity contribution is 0.260. The summed E-state index contributed by atoms with van der Waals surface area (Å²) < 4.78 is 13.2.